The Morgan fingerprint density at radius 2 is 2.00 bits per heavy atom. The molecule has 2 aromatic rings. The highest BCUT2D eigenvalue weighted by atomic mass is 35.5. The molecule has 0 saturated heterocycles. The van der Waals surface area contributed by atoms with E-state index in [2.05, 4.69) is 25.3 Å². The van der Waals surface area contributed by atoms with Crippen LogP contribution in [0, 0.1) is 6.92 Å². The molecular formula is C12H14ClN5. The van der Waals surface area contributed by atoms with E-state index in [4.69, 9.17) is 11.6 Å². The number of halogens is 1. The zero-order chi connectivity index (χ0) is 13.0. The number of nitrogens with zero attached hydrogens (tertiary/aromatic N) is 4. The Hall–Kier alpha value is -1.75. The Kier molecular flexibility index (Phi) is 4.04. The van der Waals surface area contributed by atoms with E-state index in [9.17, 15) is 0 Å². The highest BCUT2D eigenvalue weighted by Gasteiger charge is 2.07. The van der Waals surface area contributed by atoms with Gasteiger partial charge < -0.3 is 5.32 Å². The first-order valence-electron chi connectivity index (χ1n) is 5.71. The lowest BCUT2D eigenvalue weighted by Crippen LogP contribution is -2.07. The third kappa shape index (κ3) is 2.92. The predicted octanol–water partition coefficient (Wildman–Crippen LogP) is 2.40. The van der Waals surface area contributed by atoms with E-state index >= 15 is 0 Å². The van der Waals surface area contributed by atoms with E-state index < -0.39 is 0 Å². The van der Waals surface area contributed by atoms with Gasteiger partial charge in [-0.15, -0.1) is 0 Å². The Balaban J connectivity index is 2.10. The molecule has 0 radical (unpaired) electrons. The van der Waals surface area contributed by atoms with Gasteiger partial charge in [0.15, 0.2) is 0 Å². The van der Waals surface area contributed by atoms with Crippen molar-refractivity contribution in [3.8, 4) is 0 Å². The third-order valence-corrected chi connectivity index (χ3v) is 2.84. The van der Waals surface area contributed by atoms with Crippen LogP contribution in [0.1, 0.15) is 23.9 Å². The van der Waals surface area contributed by atoms with E-state index in [0.29, 0.717) is 11.7 Å². The van der Waals surface area contributed by atoms with Gasteiger partial charge in [0.1, 0.15) is 17.3 Å². The lowest BCUT2D eigenvalue weighted by molar-refractivity contribution is 0.957. The average molecular weight is 264 g/mol. The topological polar surface area (TPSA) is 63.6 Å². The number of aromatic nitrogens is 4. The van der Waals surface area contributed by atoms with Crippen LogP contribution in [0.5, 0.6) is 0 Å². The molecule has 0 aliphatic rings. The molecule has 0 bridgehead atoms. The zero-order valence-corrected chi connectivity index (χ0v) is 11.1. The normalized spacial score (nSPS) is 10.4. The molecule has 1 N–H and O–H groups in total. The molecular weight excluding hydrogens is 250 g/mol. The smallest absolute Gasteiger partial charge is 0.137 e. The lowest BCUT2D eigenvalue weighted by Gasteiger charge is -2.09. The van der Waals surface area contributed by atoms with Crippen molar-refractivity contribution >= 4 is 17.4 Å². The second kappa shape index (κ2) is 5.73. The van der Waals surface area contributed by atoms with Gasteiger partial charge in [0, 0.05) is 11.8 Å². The predicted molar refractivity (Wildman–Crippen MR) is 70.5 cm³/mol. The van der Waals surface area contributed by atoms with Crippen LogP contribution in [0.4, 0.5) is 5.82 Å². The minimum absolute atomic E-state index is 0.491. The molecule has 0 saturated carbocycles. The molecule has 0 aromatic carbocycles. The molecule has 2 aromatic heterocycles. The molecule has 0 aliphatic heterocycles. The van der Waals surface area contributed by atoms with Crippen molar-refractivity contribution < 1.29 is 0 Å². The number of aryl methyl sites for hydroxylation is 1. The molecule has 0 amide bonds. The van der Waals surface area contributed by atoms with Crippen molar-refractivity contribution in [1.82, 2.24) is 19.9 Å². The standard InChI is InChI=1S/C12H14ClN5/c1-3-10-11(13)17-7-18-12(10)16-6-9-5-14-8(2)4-15-9/h4-5,7H,3,6H2,1-2H3,(H,16,17,18). The highest BCUT2D eigenvalue weighted by Crippen LogP contribution is 2.20. The summed E-state index contributed by atoms with van der Waals surface area (Å²) in [7, 11) is 0. The number of hydrogen-bond donors (Lipinski definition) is 1. The second-order valence-electron chi connectivity index (χ2n) is 3.85. The summed E-state index contributed by atoms with van der Waals surface area (Å²) in [5.74, 6) is 0.750. The van der Waals surface area contributed by atoms with Crippen LogP contribution in [-0.4, -0.2) is 19.9 Å². The van der Waals surface area contributed by atoms with Crippen LogP contribution < -0.4 is 5.32 Å². The molecule has 2 heterocycles. The number of nitrogens with one attached hydrogen (secondary N) is 1. The van der Waals surface area contributed by atoms with Crippen molar-refractivity contribution in [3.05, 3.63) is 40.8 Å². The summed E-state index contributed by atoms with van der Waals surface area (Å²) in [5, 5.41) is 3.69. The molecule has 0 aliphatic carbocycles. The van der Waals surface area contributed by atoms with Crippen LogP contribution in [0.25, 0.3) is 0 Å². The molecule has 6 heteroatoms. The largest absolute Gasteiger partial charge is 0.364 e. The van der Waals surface area contributed by atoms with Gasteiger partial charge in [-0.2, -0.15) is 0 Å². The molecule has 2 rings (SSSR count). The first kappa shape index (κ1) is 12.7. The number of hydrogen-bond acceptors (Lipinski definition) is 5. The Bertz CT molecular complexity index is 526. The van der Waals surface area contributed by atoms with Gasteiger partial charge in [-0.05, 0) is 13.3 Å². The van der Waals surface area contributed by atoms with Crippen LogP contribution >= 0.6 is 11.6 Å². The SMILES string of the molecule is CCc1c(Cl)ncnc1NCc1cnc(C)cn1. The van der Waals surface area contributed by atoms with E-state index in [0.717, 1.165) is 29.2 Å². The maximum absolute atomic E-state index is 6.01. The van der Waals surface area contributed by atoms with E-state index in [-0.39, 0.29) is 0 Å². The number of rotatable bonds is 4. The first-order chi connectivity index (χ1) is 8.70. The van der Waals surface area contributed by atoms with Crippen LogP contribution in [-0.2, 0) is 13.0 Å². The first-order valence-corrected chi connectivity index (χ1v) is 6.09. The number of anilines is 1. The van der Waals surface area contributed by atoms with E-state index in [1.54, 1.807) is 12.4 Å². The van der Waals surface area contributed by atoms with Crippen molar-refractivity contribution in [3.63, 3.8) is 0 Å². The summed E-state index contributed by atoms with van der Waals surface area (Å²) in [6, 6.07) is 0. The maximum atomic E-state index is 6.01. The quantitative estimate of drug-likeness (QED) is 0.858. The fourth-order valence-electron chi connectivity index (χ4n) is 1.54. The summed E-state index contributed by atoms with van der Waals surface area (Å²) in [6.45, 7) is 4.48. The fraction of sp³-hybridized carbons (Fsp3) is 0.333. The average Bonchev–Trinajstić information content (AvgIpc) is 2.38. The van der Waals surface area contributed by atoms with Gasteiger partial charge in [-0.3, -0.25) is 9.97 Å². The van der Waals surface area contributed by atoms with Crippen LogP contribution in [0.15, 0.2) is 18.7 Å². The minimum Gasteiger partial charge on any atom is -0.364 e. The highest BCUT2D eigenvalue weighted by molar-refractivity contribution is 6.30. The monoisotopic (exact) mass is 263 g/mol. The zero-order valence-electron chi connectivity index (χ0n) is 10.3. The molecule has 5 nitrogen and oxygen atoms in total. The van der Waals surface area contributed by atoms with Crippen molar-refractivity contribution in [1.29, 1.82) is 0 Å². The summed E-state index contributed by atoms with van der Waals surface area (Å²) in [6.07, 6.45) is 5.72. The molecule has 0 atom stereocenters. The summed E-state index contributed by atoms with van der Waals surface area (Å²) < 4.78 is 0. The van der Waals surface area contributed by atoms with Crippen molar-refractivity contribution in [2.45, 2.75) is 26.8 Å². The van der Waals surface area contributed by atoms with Crippen molar-refractivity contribution in [2.24, 2.45) is 0 Å². The fourth-order valence-corrected chi connectivity index (χ4v) is 1.81. The summed E-state index contributed by atoms with van der Waals surface area (Å²) >= 11 is 6.01. The molecule has 94 valence electrons. The van der Waals surface area contributed by atoms with Gasteiger partial charge >= 0.3 is 0 Å². The van der Waals surface area contributed by atoms with Crippen molar-refractivity contribution in [2.75, 3.05) is 5.32 Å². The van der Waals surface area contributed by atoms with E-state index in [1.807, 2.05) is 13.8 Å². The molecule has 18 heavy (non-hydrogen) atoms. The third-order valence-electron chi connectivity index (χ3n) is 2.52. The van der Waals surface area contributed by atoms with Gasteiger partial charge in [0.25, 0.3) is 0 Å². The summed E-state index contributed by atoms with van der Waals surface area (Å²) in [5.41, 5.74) is 2.68. The Morgan fingerprint density at radius 1 is 1.17 bits per heavy atom. The van der Waals surface area contributed by atoms with Gasteiger partial charge in [0.2, 0.25) is 0 Å². The maximum Gasteiger partial charge on any atom is 0.137 e. The van der Waals surface area contributed by atoms with Gasteiger partial charge in [-0.1, -0.05) is 18.5 Å². The van der Waals surface area contributed by atoms with Gasteiger partial charge in [0.05, 0.1) is 24.1 Å². The van der Waals surface area contributed by atoms with Crippen LogP contribution in [0.3, 0.4) is 0 Å². The van der Waals surface area contributed by atoms with Crippen LogP contribution in [0.2, 0.25) is 5.15 Å². The molecule has 0 spiro atoms. The summed E-state index contributed by atoms with van der Waals surface area (Å²) in [4.78, 5) is 16.6. The molecule has 0 fully saturated rings. The Morgan fingerprint density at radius 3 is 2.67 bits per heavy atom. The van der Waals surface area contributed by atoms with Gasteiger partial charge in [-0.25, -0.2) is 9.97 Å². The molecule has 0 unspecified atom stereocenters. The Labute approximate surface area is 111 Å². The van der Waals surface area contributed by atoms with E-state index in [1.165, 1.54) is 6.33 Å². The second-order valence-corrected chi connectivity index (χ2v) is 4.21. The lowest BCUT2D eigenvalue weighted by atomic mass is 10.2. The minimum atomic E-state index is 0.491.